The minimum atomic E-state index is -0.362. The van der Waals surface area contributed by atoms with Gasteiger partial charge in [-0.25, -0.2) is 0 Å². The van der Waals surface area contributed by atoms with Gasteiger partial charge in [0.2, 0.25) is 0 Å². The van der Waals surface area contributed by atoms with Crippen LogP contribution in [0.5, 0.6) is 0 Å². The van der Waals surface area contributed by atoms with E-state index in [0.717, 1.165) is 44.9 Å². The average molecular weight is 432 g/mol. The topological polar surface area (TPSA) is 108 Å². The van der Waals surface area contributed by atoms with E-state index in [1.807, 2.05) is 0 Å². The predicted molar refractivity (Wildman–Crippen MR) is 83.7 cm³/mol. The van der Waals surface area contributed by atoms with Crippen LogP contribution in [0.1, 0.15) is 51.9 Å². The SMILES string of the molecule is CC1([I-]NCC(=O)N2CCC[C@H]2C#N)C[C@]2(N)CCC[C@]2(N)C1. The molecule has 7 heteroatoms. The van der Waals surface area contributed by atoms with E-state index in [1.165, 1.54) is 0 Å². The van der Waals surface area contributed by atoms with Crippen LogP contribution in [0.4, 0.5) is 0 Å². The third-order valence-electron chi connectivity index (χ3n) is 5.84. The van der Waals surface area contributed by atoms with Gasteiger partial charge in [-0.1, -0.05) is 0 Å². The maximum absolute atomic E-state index is 12.3. The maximum atomic E-state index is 12.3. The van der Waals surface area contributed by atoms with E-state index in [9.17, 15) is 4.79 Å². The Morgan fingerprint density at radius 2 is 2.00 bits per heavy atom. The third kappa shape index (κ3) is 3.11. The van der Waals surface area contributed by atoms with Gasteiger partial charge in [0.15, 0.2) is 0 Å². The molecular formula is C16H27IN5O-. The second kappa shape index (κ2) is 6.14. The second-order valence-electron chi connectivity index (χ2n) is 7.71. The molecule has 1 saturated heterocycles. The molecule has 1 heterocycles. The first-order valence-corrected chi connectivity index (χ1v) is 10.6. The first-order valence-electron chi connectivity index (χ1n) is 8.46. The van der Waals surface area contributed by atoms with E-state index < -0.39 is 0 Å². The van der Waals surface area contributed by atoms with Crippen LogP contribution in [0.15, 0.2) is 0 Å². The van der Waals surface area contributed by atoms with Crippen molar-refractivity contribution < 1.29 is 26.3 Å². The number of carbonyl (C=O) groups excluding carboxylic acids is 1. The number of hydrogen-bond acceptors (Lipinski definition) is 5. The molecule has 4 atom stereocenters. The summed E-state index contributed by atoms with van der Waals surface area (Å²) in [6.45, 7) is 3.33. The van der Waals surface area contributed by atoms with Gasteiger partial charge in [0.1, 0.15) is 0 Å². The summed E-state index contributed by atoms with van der Waals surface area (Å²) in [5.41, 5.74) is 12.8. The summed E-state index contributed by atoms with van der Waals surface area (Å²) in [4.78, 5) is 14.0. The molecule has 3 rings (SSSR count). The second-order valence-corrected chi connectivity index (χ2v) is 11.6. The van der Waals surface area contributed by atoms with Gasteiger partial charge in [-0.2, -0.15) is 0 Å². The van der Waals surface area contributed by atoms with Crippen molar-refractivity contribution in [2.45, 2.75) is 72.4 Å². The Balaban J connectivity index is 1.52. The first kappa shape index (κ1) is 17.4. The first-order chi connectivity index (χ1) is 10.8. The monoisotopic (exact) mass is 432 g/mol. The number of hydrogen-bond donors (Lipinski definition) is 3. The van der Waals surface area contributed by atoms with Gasteiger partial charge in [-0.3, -0.25) is 0 Å². The van der Waals surface area contributed by atoms with Gasteiger partial charge in [0.25, 0.3) is 0 Å². The summed E-state index contributed by atoms with van der Waals surface area (Å²) in [6, 6.07) is 1.99. The fourth-order valence-corrected chi connectivity index (χ4v) is 7.92. The molecule has 23 heavy (non-hydrogen) atoms. The zero-order chi connectivity index (χ0) is 16.7. The molecule has 6 nitrogen and oxygen atoms in total. The summed E-state index contributed by atoms with van der Waals surface area (Å²) < 4.78 is 3.57. The Morgan fingerprint density at radius 1 is 1.35 bits per heavy atom. The molecule has 5 N–H and O–H groups in total. The zero-order valence-corrected chi connectivity index (χ0v) is 15.9. The van der Waals surface area contributed by atoms with E-state index in [1.54, 1.807) is 4.90 Å². The van der Waals surface area contributed by atoms with Crippen LogP contribution in [0.25, 0.3) is 0 Å². The van der Waals surface area contributed by atoms with Gasteiger partial charge >= 0.3 is 149 Å². The van der Waals surface area contributed by atoms with Gasteiger partial charge in [-0.15, -0.1) is 0 Å². The summed E-state index contributed by atoms with van der Waals surface area (Å²) in [5, 5.41) is 9.09. The van der Waals surface area contributed by atoms with Gasteiger partial charge in [0.05, 0.1) is 0 Å². The van der Waals surface area contributed by atoms with Gasteiger partial charge in [0, 0.05) is 0 Å². The molecule has 3 aliphatic rings. The number of alkyl halides is 1. The molecule has 1 amide bonds. The zero-order valence-electron chi connectivity index (χ0n) is 13.8. The Hall–Kier alpha value is -0.430. The van der Waals surface area contributed by atoms with E-state index in [0.29, 0.717) is 13.1 Å². The van der Waals surface area contributed by atoms with Crippen LogP contribution in [-0.4, -0.2) is 44.4 Å². The van der Waals surface area contributed by atoms with E-state index in [-0.39, 0.29) is 47.9 Å². The molecule has 0 radical (unpaired) electrons. The van der Waals surface area contributed by atoms with E-state index in [2.05, 4.69) is 16.5 Å². The molecule has 0 bridgehead atoms. The number of rotatable bonds is 4. The van der Waals surface area contributed by atoms with Gasteiger partial charge < -0.3 is 0 Å². The fraction of sp³-hybridized carbons (Fsp3) is 0.875. The number of amides is 1. The van der Waals surface area contributed by atoms with Crippen LogP contribution < -0.4 is 36.5 Å². The van der Waals surface area contributed by atoms with Crippen molar-refractivity contribution in [1.29, 1.82) is 5.26 Å². The van der Waals surface area contributed by atoms with E-state index in [4.69, 9.17) is 16.7 Å². The van der Waals surface area contributed by atoms with Crippen molar-refractivity contribution in [1.82, 2.24) is 8.43 Å². The number of fused-ring (bicyclic) bond motifs is 1. The number of halogens is 1. The van der Waals surface area contributed by atoms with E-state index >= 15 is 0 Å². The predicted octanol–water partition coefficient (Wildman–Crippen LogP) is -2.77. The van der Waals surface area contributed by atoms with Crippen molar-refractivity contribution in [3.05, 3.63) is 0 Å². The Kier molecular flexibility index (Phi) is 4.64. The van der Waals surface area contributed by atoms with Crippen molar-refractivity contribution in [2.24, 2.45) is 11.5 Å². The number of nitrogens with two attached hydrogens (primary N) is 2. The average Bonchev–Trinajstić information content (AvgIpc) is 3.08. The number of carbonyl (C=O) groups is 1. The Bertz CT molecular complexity index is 517. The van der Waals surface area contributed by atoms with Gasteiger partial charge in [-0.05, 0) is 0 Å². The molecule has 0 aromatic rings. The summed E-state index contributed by atoms with van der Waals surface area (Å²) >= 11 is -0.362. The molecule has 0 aromatic heterocycles. The van der Waals surface area contributed by atoms with Crippen LogP contribution in [0.2, 0.25) is 0 Å². The quantitative estimate of drug-likeness (QED) is 0.253. The normalized spacial score (nSPS) is 42.9. The number of nitriles is 1. The molecule has 0 spiro atoms. The summed E-state index contributed by atoms with van der Waals surface area (Å²) in [7, 11) is 0. The molecule has 130 valence electrons. The summed E-state index contributed by atoms with van der Waals surface area (Å²) in [6.07, 6.45) is 6.87. The number of nitrogens with one attached hydrogen (secondary N) is 1. The molecular weight excluding hydrogens is 405 g/mol. The molecule has 1 unspecified atom stereocenters. The van der Waals surface area contributed by atoms with Crippen LogP contribution in [0, 0.1) is 11.3 Å². The Labute approximate surface area is 148 Å². The molecule has 1 aliphatic heterocycles. The third-order valence-corrected chi connectivity index (χ3v) is 8.67. The molecule has 2 saturated carbocycles. The Morgan fingerprint density at radius 3 is 2.61 bits per heavy atom. The molecule has 0 aromatic carbocycles. The standard InChI is InChI=1S/C16H27IN5O/c1-14(10-15(19)5-3-6-16(15,20)11-14)17-21-9-13(23)22-7-2-4-12(22)8-18/h12,21H,2-7,9-11,19-20H2,1H3/q-1/t12-,14?,15-,16+/m0/s1. The van der Waals surface area contributed by atoms with Crippen LogP contribution in [-0.2, 0) is 4.79 Å². The number of likely N-dealkylation sites (tertiary alicyclic amines) is 1. The molecule has 3 fully saturated rings. The van der Waals surface area contributed by atoms with Crippen molar-refractivity contribution in [2.75, 3.05) is 13.1 Å². The number of nitrogens with zero attached hydrogens (tertiary/aromatic N) is 2. The van der Waals surface area contributed by atoms with Crippen LogP contribution in [0.3, 0.4) is 0 Å². The van der Waals surface area contributed by atoms with Crippen molar-refractivity contribution >= 4 is 5.91 Å². The minimum absolute atomic E-state index is 0.0560. The fourth-order valence-electron chi connectivity index (χ4n) is 4.74. The van der Waals surface area contributed by atoms with Crippen molar-refractivity contribution in [3.8, 4) is 6.07 Å². The molecule has 2 aliphatic carbocycles. The summed E-state index contributed by atoms with van der Waals surface area (Å²) in [5.74, 6) is 0.0560. The van der Waals surface area contributed by atoms with Crippen molar-refractivity contribution in [3.63, 3.8) is 0 Å². The van der Waals surface area contributed by atoms with Crippen LogP contribution >= 0.6 is 0 Å².